The van der Waals surface area contributed by atoms with Crippen molar-refractivity contribution in [2.45, 2.75) is 26.9 Å². The van der Waals surface area contributed by atoms with Crippen LogP contribution in [-0.2, 0) is 0 Å². The zero-order valence-corrected chi connectivity index (χ0v) is 20.2. The van der Waals surface area contributed by atoms with Gasteiger partial charge in [-0.15, -0.1) is 11.3 Å². The SMILES string of the molecule is COc1c2c(cc(C)c1OCCN(C)C)C1NCCN1C(NC(=O)c1sc(C)nc1C)=N2. The smallest absolute Gasteiger partial charge is 0.269 e. The van der Waals surface area contributed by atoms with E-state index in [1.165, 1.54) is 11.3 Å². The van der Waals surface area contributed by atoms with Gasteiger partial charge in [0.2, 0.25) is 5.96 Å². The topological polar surface area (TPSA) is 91.3 Å². The molecule has 1 aromatic heterocycles. The summed E-state index contributed by atoms with van der Waals surface area (Å²) in [5.74, 6) is 1.57. The van der Waals surface area contributed by atoms with Gasteiger partial charge < -0.3 is 19.3 Å². The van der Waals surface area contributed by atoms with Crippen LogP contribution in [0.5, 0.6) is 11.5 Å². The number of amides is 1. The molecule has 0 bridgehead atoms. The van der Waals surface area contributed by atoms with Crippen molar-refractivity contribution in [3.63, 3.8) is 0 Å². The van der Waals surface area contributed by atoms with E-state index in [2.05, 4.69) is 31.5 Å². The minimum Gasteiger partial charge on any atom is -0.491 e. The molecule has 0 spiro atoms. The number of aryl methyl sites for hydroxylation is 3. The Balaban J connectivity index is 1.72. The summed E-state index contributed by atoms with van der Waals surface area (Å²) in [6, 6.07) is 2.09. The number of nitrogens with zero attached hydrogens (tertiary/aromatic N) is 4. The minimum atomic E-state index is -0.200. The highest BCUT2D eigenvalue weighted by Gasteiger charge is 2.37. The quantitative estimate of drug-likeness (QED) is 0.687. The molecule has 2 aromatic rings. The Morgan fingerprint density at radius 3 is 2.78 bits per heavy atom. The Morgan fingerprint density at radius 1 is 1.34 bits per heavy atom. The Bertz CT molecular complexity index is 1060. The van der Waals surface area contributed by atoms with Gasteiger partial charge in [-0.3, -0.25) is 15.4 Å². The lowest BCUT2D eigenvalue weighted by molar-refractivity contribution is 0.0974. The first kappa shape index (κ1) is 22.5. The maximum atomic E-state index is 13.0. The molecule has 9 nitrogen and oxygen atoms in total. The van der Waals surface area contributed by atoms with E-state index in [9.17, 15) is 4.79 Å². The number of likely N-dealkylation sites (N-methyl/N-ethyl adjacent to an activating group) is 1. The van der Waals surface area contributed by atoms with Gasteiger partial charge in [-0.1, -0.05) is 0 Å². The Labute approximate surface area is 192 Å². The number of thiazole rings is 1. The zero-order valence-electron chi connectivity index (χ0n) is 19.4. The first-order chi connectivity index (χ1) is 15.3. The Hall–Kier alpha value is -2.69. The highest BCUT2D eigenvalue weighted by atomic mass is 32.1. The summed E-state index contributed by atoms with van der Waals surface area (Å²) >= 11 is 1.38. The molecule has 1 fully saturated rings. The molecular formula is C22H30N6O3S. The van der Waals surface area contributed by atoms with Crippen LogP contribution in [0.4, 0.5) is 5.69 Å². The van der Waals surface area contributed by atoms with Crippen molar-refractivity contribution in [2.24, 2.45) is 4.99 Å². The molecule has 2 aliphatic heterocycles. The van der Waals surface area contributed by atoms with E-state index >= 15 is 0 Å². The summed E-state index contributed by atoms with van der Waals surface area (Å²) in [7, 11) is 5.64. The second kappa shape index (κ2) is 9.05. The number of methoxy groups -OCH3 is 1. The van der Waals surface area contributed by atoms with Gasteiger partial charge in [-0.05, 0) is 46.5 Å². The van der Waals surface area contributed by atoms with Gasteiger partial charge in [0, 0.05) is 25.2 Å². The molecule has 172 valence electrons. The summed E-state index contributed by atoms with van der Waals surface area (Å²) in [5, 5.41) is 7.38. The zero-order chi connectivity index (χ0) is 23.0. The maximum Gasteiger partial charge on any atom is 0.269 e. The van der Waals surface area contributed by atoms with Gasteiger partial charge >= 0.3 is 0 Å². The van der Waals surface area contributed by atoms with Gasteiger partial charge in [0.25, 0.3) is 5.91 Å². The van der Waals surface area contributed by atoms with E-state index in [0.717, 1.165) is 41.5 Å². The highest BCUT2D eigenvalue weighted by molar-refractivity contribution is 7.13. The molecule has 0 radical (unpaired) electrons. The van der Waals surface area contributed by atoms with Crippen LogP contribution in [0.1, 0.15) is 37.7 Å². The molecule has 2 aliphatic rings. The first-order valence-corrected chi connectivity index (χ1v) is 11.4. The van der Waals surface area contributed by atoms with E-state index in [-0.39, 0.29) is 12.1 Å². The van der Waals surface area contributed by atoms with Crippen molar-refractivity contribution in [1.82, 2.24) is 25.4 Å². The number of guanidine groups is 1. The predicted octanol–water partition coefficient (Wildman–Crippen LogP) is 2.35. The number of aromatic nitrogens is 1. The van der Waals surface area contributed by atoms with Crippen LogP contribution >= 0.6 is 11.3 Å². The average Bonchev–Trinajstić information content (AvgIpc) is 3.35. The highest BCUT2D eigenvalue weighted by Crippen LogP contribution is 2.48. The summed E-state index contributed by atoms with van der Waals surface area (Å²) in [6.45, 7) is 8.62. The number of benzene rings is 1. The molecule has 32 heavy (non-hydrogen) atoms. The Morgan fingerprint density at radius 2 is 2.12 bits per heavy atom. The van der Waals surface area contributed by atoms with Crippen LogP contribution in [-0.4, -0.2) is 74.1 Å². The largest absolute Gasteiger partial charge is 0.491 e. The fraction of sp³-hybridized carbons (Fsp3) is 0.500. The van der Waals surface area contributed by atoms with Crippen molar-refractivity contribution < 1.29 is 14.3 Å². The molecule has 1 atom stereocenters. The molecule has 1 unspecified atom stereocenters. The number of carbonyl (C=O) groups excluding carboxylic acids is 1. The number of hydrogen-bond donors (Lipinski definition) is 2. The lowest BCUT2D eigenvalue weighted by Gasteiger charge is -2.33. The molecule has 0 aliphatic carbocycles. The lowest BCUT2D eigenvalue weighted by atomic mass is 10.0. The Kier molecular flexibility index (Phi) is 6.36. The molecule has 10 heteroatoms. The number of rotatable bonds is 6. The second-order valence-corrected chi connectivity index (χ2v) is 9.44. The normalized spacial score (nSPS) is 17.2. The van der Waals surface area contributed by atoms with Crippen LogP contribution in [0.2, 0.25) is 0 Å². The summed E-state index contributed by atoms with van der Waals surface area (Å²) in [6.07, 6.45) is -0.0921. The fourth-order valence-corrected chi connectivity index (χ4v) is 4.86. The third kappa shape index (κ3) is 4.17. The molecular weight excluding hydrogens is 428 g/mol. The van der Waals surface area contributed by atoms with Crippen LogP contribution in [0, 0.1) is 20.8 Å². The second-order valence-electron chi connectivity index (χ2n) is 8.23. The molecule has 1 aromatic carbocycles. The third-order valence-corrected chi connectivity index (χ3v) is 6.61. The van der Waals surface area contributed by atoms with E-state index in [0.29, 0.717) is 34.6 Å². The van der Waals surface area contributed by atoms with E-state index < -0.39 is 0 Å². The van der Waals surface area contributed by atoms with Crippen LogP contribution in [0.15, 0.2) is 11.1 Å². The van der Waals surface area contributed by atoms with Gasteiger partial charge in [0.1, 0.15) is 23.3 Å². The maximum absolute atomic E-state index is 13.0. The number of ether oxygens (including phenoxy) is 2. The molecule has 2 N–H and O–H groups in total. The third-order valence-electron chi connectivity index (χ3n) is 5.54. The number of carbonyl (C=O) groups is 1. The van der Waals surface area contributed by atoms with E-state index in [4.69, 9.17) is 14.5 Å². The van der Waals surface area contributed by atoms with Crippen molar-refractivity contribution in [2.75, 3.05) is 47.4 Å². The number of aliphatic imine (C=N–C) groups is 1. The van der Waals surface area contributed by atoms with Gasteiger partial charge in [-0.2, -0.15) is 0 Å². The summed E-state index contributed by atoms with van der Waals surface area (Å²) < 4.78 is 11.9. The predicted molar refractivity (Wildman–Crippen MR) is 125 cm³/mol. The molecule has 3 heterocycles. The first-order valence-electron chi connectivity index (χ1n) is 10.6. The van der Waals surface area contributed by atoms with Crippen molar-refractivity contribution in [3.8, 4) is 11.5 Å². The van der Waals surface area contributed by atoms with Crippen LogP contribution in [0.3, 0.4) is 0 Å². The minimum absolute atomic E-state index is 0.0921. The molecule has 4 rings (SSSR count). The molecule has 0 saturated carbocycles. The van der Waals surface area contributed by atoms with Crippen molar-refractivity contribution in [1.29, 1.82) is 0 Å². The standard InChI is InChI=1S/C22H30N6O3S/c1-12-11-15-16(18(30-6)17(12)31-10-9-27(4)5)25-22(28-8-7-23-20(15)28)26-21(29)19-13(2)24-14(3)32-19/h11,20,23H,7-10H2,1-6H3,(H,25,26,29). The summed E-state index contributed by atoms with van der Waals surface area (Å²) in [4.78, 5) is 27.0. The summed E-state index contributed by atoms with van der Waals surface area (Å²) in [5.41, 5.74) is 3.41. The number of fused-ring (bicyclic) bond motifs is 3. The molecule has 1 saturated heterocycles. The van der Waals surface area contributed by atoms with E-state index in [1.54, 1.807) is 7.11 Å². The van der Waals surface area contributed by atoms with E-state index in [1.807, 2.05) is 34.9 Å². The van der Waals surface area contributed by atoms with Crippen LogP contribution in [0.25, 0.3) is 0 Å². The van der Waals surface area contributed by atoms with Gasteiger partial charge in [0.15, 0.2) is 11.5 Å². The monoisotopic (exact) mass is 458 g/mol. The molecule has 1 amide bonds. The lowest BCUT2D eigenvalue weighted by Crippen LogP contribution is -2.46. The number of hydrogen-bond acceptors (Lipinski definition) is 9. The fourth-order valence-electron chi connectivity index (χ4n) is 4.04. The van der Waals surface area contributed by atoms with Crippen LogP contribution < -0.4 is 20.1 Å². The van der Waals surface area contributed by atoms with Crippen molar-refractivity contribution in [3.05, 3.63) is 32.8 Å². The van der Waals surface area contributed by atoms with Crippen molar-refractivity contribution >= 4 is 28.9 Å². The average molecular weight is 459 g/mol. The van der Waals surface area contributed by atoms with Gasteiger partial charge in [-0.25, -0.2) is 9.98 Å². The number of nitrogens with one attached hydrogen (secondary N) is 2. The van der Waals surface area contributed by atoms with Gasteiger partial charge in [0.05, 0.1) is 17.8 Å².